The van der Waals surface area contributed by atoms with Gasteiger partial charge in [0.05, 0.1) is 18.3 Å². The van der Waals surface area contributed by atoms with Crippen LogP contribution in [0.2, 0.25) is 0 Å². The molecule has 1 aromatic carbocycles. The molecular weight excluding hydrogens is 228 g/mol. The van der Waals surface area contributed by atoms with Crippen LogP contribution >= 0.6 is 0 Å². The lowest BCUT2D eigenvalue weighted by molar-refractivity contribution is 0.0968. The summed E-state index contributed by atoms with van der Waals surface area (Å²) in [6, 6.07) is 5.45. The molecule has 0 aromatic heterocycles. The molecule has 1 aliphatic heterocycles. The molecular formula is C14H20N2O2. The quantitative estimate of drug-likeness (QED) is 0.829. The average molecular weight is 248 g/mol. The van der Waals surface area contributed by atoms with E-state index in [1.54, 1.807) is 13.0 Å². The third kappa shape index (κ3) is 2.34. The van der Waals surface area contributed by atoms with Gasteiger partial charge in [0.2, 0.25) is 0 Å². The summed E-state index contributed by atoms with van der Waals surface area (Å²) in [6.07, 6.45) is 0. The molecule has 0 radical (unpaired) electrons. The van der Waals surface area contributed by atoms with Crippen LogP contribution in [-0.2, 0) is 0 Å². The zero-order valence-corrected chi connectivity index (χ0v) is 11.1. The van der Waals surface area contributed by atoms with Gasteiger partial charge in [-0.25, -0.2) is 0 Å². The van der Waals surface area contributed by atoms with E-state index in [0.29, 0.717) is 18.2 Å². The van der Waals surface area contributed by atoms with Crippen LogP contribution < -0.4 is 15.4 Å². The van der Waals surface area contributed by atoms with Crippen LogP contribution in [-0.4, -0.2) is 31.0 Å². The molecule has 2 N–H and O–H groups in total. The lowest BCUT2D eigenvalue weighted by Gasteiger charge is -2.34. The third-order valence-corrected chi connectivity index (χ3v) is 3.18. The minimum atomic E-state index is -0.472. The number of hydrogen-bond donors (Lipinski definition) is 1. The maximum atomic E-state index is 11.9. The Morgan fingerprint density at radius 2 is 2.11 bits per heavy atom. The largest absolute Gasteiger partial charge is 0.490 e. The maximum Gasteiger partial charge on any atom is 0.179 e. The van der Waals surface area contributed by atoms with Gasteiger partial charge in [0, 0.05) is 11.6 Å². The molecule has 0 fully saturated rings. The van der Waals surface area contributed by atoms with E-state index < -0.39 is 6.04 Å². The van der Waals surface area contributed by atoms with Crippen LogP contribution in [0, 0.1) is 0 Å². The Morgan fingerprint density at radius 3 is 2.72 bits per heavy atom. The second kappa shape index (κ2) is 4.98. The Bertz CT molecular complexity index is 455. The van der Waals surface area contributed by atoms with Crippen LogP contribution in [0.25, 0.3) is 0 Å². The highest BCUT2D eigenvalue weighted by molar-refractivity contribution is 6.00. The number of ketones is 1. The summed E-state index contributed by atoms with van der Waals surface area (Å²) < 4.78 is 5.61. The predicted molar refractivity (Wildman–Crippen MR) is 72.4 cm³/mol. The lowest BCUT2D eigenvalue weighted by atomic mass is 10.0. The molecule has 1 heterocycles. The van der Waals surface area contributed by atoms with E-state index in [0.717, 1.165) is 18.0 Å². The van der Waals surface area contributed by atoms with E-state index in [-0.39, 0.29) is 5.78 Å². The topological polar surface area (TPSA) is 55.6 Å². The lowest BCUT2D eigenvalue weighted by Crippen LogP contribution is -2.38. The van der Waals surface area contributed by atoms with Crippen molar-refractivity contribution in [2.75, 3.05) is 18.1 Å². The van der Waals surface area contributed by atoms with Crippen LogP contribution in [0.4, 0.5) is 5.69 Å². The Labute approximate surface area is 108 Å². The highest BCUT2D eigenvalue weighted by Gasteiger charge is 2.22. The molecule has 4 heteroatoms. The van der Waals surface area contributed by atoms with E-state index >= 15 is 0 Å². The first-order chi connectivity index (χ1) is 8.50. The first kappa shape index (κ1) is 12.9. The molecule has 1 atom stereocenters. The van der Waals surface area contributed by atoms with Gasteiger partial charge in [-0.1, -0.05) is 0 Å². The molecule has 0 saturated carbocycles. The van der Waals surface area contributed by atoms with Crippen molar-refractivity contribution in [1.82, 2.24) is 0 Å². The van der Waals surface area contributed by atoms with Crippen molar-refractivity contribution in [3.8, 4) is 5.75 Å². The number of carbonyl (C=O) groups is 1. The molecule has 1 aliphatic rings. The smallest absolute Gasteiger partial charge is 0.179 e. The van der Waals surface area contributed by atoms with Crippen molar-refractivity contribution in [3.63, 3.8) is 0 Å². The van der Waals surface area contributed by atoms with E-state index in [1.165, 1.54) is 0 Å². The van der Waals surface area contributed by atoms with Crippen molar-refractivity contribution < 1.29 is 9.53 Å². The van der Waals surface area contributed by atoms with Crippen molar-refractivity contribution in [2.24, 2.45) is 5.73 Å². The summed E-state index contributed by atoms with van der Waals surface area (Å²) in [6.45, 7) is 7.51. The van der Waals surface area contributed by atoms with Crippen molar-refractivity contribution in [2.45, 2.75) is 32.9 Å². The summed E-state index contributed by atoms with van der Waals surface area (Å²) in [5.41, 5.74) is 7.29. The number of Topliss-reactive ketones (excluding diaryl/α,β-unsaturated/α-hetero) is 1. The van der Waals surface area contributed by atoms with Crippen molar-refractivity contribution >= 4 is 11.5 Å². The maximum absolute atomic E-state index is 11.9. The average Bonchev–Trinajstić information content (AvgIpc) is 2.36. The molecule has 0 spiro atoms. The van der Waals surface area contributed by atoms with Gasteiger partial charge in [0.25, 0.3) is 0 Å². The summed E-state index contributed by atoms with van der Waals surface area (Å²) in [5, 5.41) is 0. The summed E-state index contributed by atoms with van der Waals surface area (Å²) in [7, 11) is 0. The van der Waals surface area contributed by atoms with E-state index in [2.05, 4.69) is 18.7 Å². The highest BCUT2D eigenvalue weighted by Crippen LogP contribution is 2.33. The number of nitrogens with zero attached hydrogens (tertiary/aromatic N) is 1. The van der Waals surface area contributed by atoms with Gasteiger partial charge in [-0.15, -0.1) is 0 Å². The molecule has 4 nitrogen and oxygen atoms in total. The third-order valence-electron chi connectivity index (χ3n) is 3.18. The predicted octanol–water partition coefficient (Wildman–Crippen LogP) is 1.82. The second-order valence-electron chi connectivity index (χ2n) is 4.97. The normalized spacial score (nSPS) is 16.2. The van der Waals surface area contributed by atoms with Gasteiger partial charge in [-0.2, -0.15) is 0 Å². The fourth-order valence-corrected chi connectivity index (χ4v) is 2.19. The van der Waals surface area contributed by atoms with Crippen molar-refractivity contribution in [1.29, 1.82) is 0 Å². The molecule has 2 rings (SSSR count). The number of anilines is 1. The zero-order chi connectivity index (χ0) is 13.3. The zero-order valence-electron chi connectivity index (χ0n) is 11.1. The van der Waals surface area contributed by atoms with Gasteiger partial charge in [-0.05, 0) is 39.0 Å². The first-order valence-corrected chi connectivity index (χ1v) is 6.34. The molecule has 0 bridgehead atoms. The number of benzene rings is 1. The Morgan fingerprint density at radius 1 is 1.39 bits per heavy atom. The van der Waals surface area contributed by atoms with Gasteiger partial charge in [0.1, 0.15) is 12.4 Å². The number of fused-ring (bicyclic) bond motifs is 1. The standard InChI is InChI=1S/C14H20N2O2/c1-9(2)16-6-7-18-13-5-4-11(8-12(13)16)14(17)10(3)15/h4-5,8-10H,6-7,15H2,1-3H3. The van der Waals surface area contributed by atoms with E-state index in [9.17, 15) is 4.79 Å². The molecule has 18 heavy (non-hydrogen) atoms. The molecule has 1 unspecified atom stereocenters. The minimum absolute atomic E-state index is 0.0351. The highest BCUT2D eigenvalue weighted by atomic mass is 16.5. The Hall–Kier alpha value is -1.55. The summed E-state index contributed by atoms with van der Waals surface area (Å²) in [4.78, 5) is 14.2. The second-order valence-corrected chi connectivity index (χ2v) is 4.97. The number of hydrogen-bond acceptors (Lipinski definition) is 4. The molecule has 1 aromatic rings. The van der Waals surface area contributed by atoms with Crippen LogP contribution in [0.5, 0.6) is 5.75 Å². The molecule has 0 saturated heterocycles. The van der Waals surface area contributed by atoms with Crippen LogP contribution in [0.1, 0.15) is 31.1 Å². The fraction of sp³-hybridized carbons (Fsp3) is 0.500. The monoisotopic (exact) mass is 248 g/mol. The number of rotatable bonds is 3. The summed E-state index contributed by atoms with van der Waals surface area (Å²) in [5.74, 6) is 0.809. The SMILES string of the molecule is CC(N)C(=O)c1ccc2c(c1)N(C(C)C)CCO2. The van der Waals surface area contributed by atoms with Gasteiger partial charge in [0.15, 0.2) is 5.78 Å². The van der Waals surface area contributed by atoms with Gasteiger partial charge >= 0.3 is 0 Å². The van der Waals surface area contributed by atoms with E-state index in [4.69, 9.17) is 10.5 Å². The molecule has 98 valence electrons. The molecule has 0 amide bonds. The molecule has 0 aliphatic carbocycles. The van der Waals surface area contributed by atoms with E-state index in [1.807, 2.05) is 12.1 Å². The number of carbonyl (C=O) groups excluding carboxylic acids is 1. The Kier molecular flexibility index (Phi) is 3.57. The summed E-state index contributed by atoms with van der Waals surface area (Å²) >= 11 is 0. The van der Waals surface area contributed by atoms with Crippen molar-refractivity contribution in [3.05, 3.63) is 23.8 Å². The fourth-order valence-electron chi connectivity index (χ4n) is 2.19. The number of ether oxygens (including phenoxy) is 1. The Balaban J connectivity index is 2.40. The van der Waals surface area contributed by atoms with Crippen LogP contribution in [0.3, 0.4) is 0 Å². The van der Waals surface area contributed by atoms with Gasteiger partial charge < -0.3 is 15.4 Å². The van der Waals surface area contributed by atoms with Gasteiger partial charge in [-0.3, -0.25) is 4.79 Å². The minimum Gasteiger partial charge on any atom is -0.490 e. The number of nitrogens with two attached hydrogens (primary N) is 1. The first-order valence-electron chi connectivity index (χ1n) is 6.34. The van der Waals surface area contributed by atoms with Crippen LogP contribution in [0.15, 0.2) is 18.2 Å².